The second kappa shape index (κ2) is 13.1. The fourth-order valence-corrected chi connectivity index (χ4v) is 3.20. The van der Waals surface area contributed by atoms with E-state index in [9.17, 15) is 9.36 Å². The number of allylic oxidation sites excluding steroid dienone is 5. The van der Waals surface area contributed by atoms with Crippen molar-refractivity contribution in [2.45, 2.75) is 32.7 Å². The molecule has 0 bridgehead atoms. The Labute approximate surface area is 189 Å². The van der Waals surface area contributed by atoms with Crippen molar-refractivity contribution in [3.8, 4) is 17.2 Å². The predicted molar refractivity (Wildman–Crippen MR) is 123 cm³/mol. The number of methoxy groups -OCH3 is 3. The van der Waals surface area contributed by atoms with Crippen molar-refractivity contribution < 1.29 is 37.9 Å². The summed E-state index contributed by atoms with van der Waals surface area (Å²) in [4.78, 5) is 27.0. The molecule has 1 atom stereocenters. The minimum Gasteiger partial charge on any atom is -0.493 e. The van der Waals surface area contributed by atoms with E-state index in [2.05, 4.69) is 15.9 Å². The number of hydrogen-bond donors (Lipinski definition) is 3. The summed E-state index contributed by atoms with van der Waals surface area (Å²) < 4.78 is 29.8. The second-order valence-corrected chi connectivity index (χ2v) is 8.05. The van der Waals surface area contributed by atoms with Crippen molar-refractivity contribution in [3.05, 3.63) is 47.6 Å². The van der Waals surface area contributed by atoms with Gasteiger partial charge < -0.3 is 29.3 Å². The summed E-state index contributed by atoms with van der Waals surface area (Å²) in [7, 11) is 1.64. The lowest BCUT2D eigenvalue weighted by Crippen LogP contribution is -2.31. The molecule has 178 valence electrons. The first-order valence-electron chi connectivity index (χ1n) is 9.83. The SMILES string of the molecule is C/C=C\C=C/C1=CC(NC(C)=O)CCc2cc(OC)c(OC)c(OC)c21.COP(=O)(O)O. The van der Waals surface area contributed by atoms with Crippen LogP contribution in [-0.4, -0.2) is 50.2 Å². The summed E-state index contributed by atoms with van der Waals surface area (Å²) in [6.45, 7) is 3.50. The van der Waals surface area contributed by atoms with E-state index in [4.69, 9.17) is 24.0 Å². The zero-order valence-corrected chi connectivity index (χ0v) is 20.1. The standard InChI is InChI=1S/C21H27NO4.CH5O4P/c1-6-7-8-9-15-12-17(22-14(2)23)11-10-16-13-18(24-3)20(25-4)21(26-5)19(15)16;1-5-6(2,3)4/h6-9,12-13,17H,10-11H2,1-5H3,(H,22,23);1H3,(H2,2,3,4)/b7-6-,9-8-;. The number of phosphoric acid groups is 1. The molecule has 0 aliphatic heterocycles. The molecule has 1 amide bonds. The van der Waals surface area contributed by atoms with Gasteiger partial charge >= 0.3 is 7.82 Å². The average Bonchev–Trinajstić information content (AvgIpc) is 2.91. The molecule has 1 aliphatic rings. The van der Waals surface area contributed by atoms with E-state index in [1.165, 1.54) is 6.92 Å². The number of benzene rings is 1. The predicted octanol–water partition coefficient (Wildman–Crippen LogP) is 3.40. The lowest BCUT2D eigenvalue weighted by atomic mass is 9.96. The minimum atomic E-state index is -4.15. The van der Waals surface area contributed by atoms with Crippen molar-refractivity contribution in [1.29, 1.82) is 0 Å². The maximum atomic E-state index is 11.6. The summed E-state index contributed by atoms with van der Waals surface area (Å²) in [5.74, 6) is 1.80. The Balaban J connectivity index is 0.000000751. The molecule has 1 aromatic carbocycles. The first-order chi connectivity index (χ1) is 15.1. The first kappa shape index (κ1) is 27.5. The number of amides is 1. The normalized spacial score (nSPS) is 15.9. The highest BCUT2D eigenvalue weighted by atomic mass is 31.2. The van der Waals surface area contributed by atoms with Crippen LogP contribution in [0.4, 0.5) is 0 Å². The third-order valence-corrected chi connectivity index (χ3v) is 4.99. The highest BCUT2D eigenvalue weighted by Crippen LogP contribution is 2.46. The van der Waals surface area contributed by atoms with E-state index < -0.39 is 7.82 Å². The topological polar surface area (TPSA) is 124 Å². The first-order valence-corrected chi connectivity index (χ1v) is 11.4. The minimum absolute atomic E-state index is 0.0453. The molecule has 2 rings (SSSR count). The molecule has 0 saturated heterocycles. The second-order valence-electron chi connectivity index (χ2n) is 6.71. The van der Waals surface area contributed by atoms with E-state index in [0.29, 0.717) is 17.2 Å². The van der Waals surface area contributed by atoms with Gasteiger partial charge in [-0.25, -0.2) is 4.57 Å². The Morgan fingerprint density at radius 2 is 1.75 bits per heavy atom. The van der Waals surface area contributed by atoms with Gasteiger partial charge in [0.1, 0.15) is 0 Å². The summed E-state index contributed by atoms with van der Waals surface area (Å²) >= 11 is 0. The molecule has 0 saturated carbocycles. The summed E-state index contributed by atoms with van der Waals surface area (Å²) in [5, 5.41) is 3.00. The zero-order chi connectivity index (χ0) is 24.3. The quantitative estimate of drug-likeness (QED) is 0.410. The highest BCUT2D eigenvalue weighted by Gasteiger charge is 2.25. The van der Waals surface area contributed by atoms with Crippen LogP contribution in [0.2, 0.25) is 0 Å². The number of ether oxygens (including phenoxy) is 3. The van der Waals surface area contributed by atoms with Crippen LogP contribution in [0.3, 0.4) is 0 Å². The molecule has 32 heavy (non-hydrogen) atoms. The summed E-state index contributed by atoms with van der Waals surface area (Å²) in [6, 6.07) is 1.94. The molecule has 3 N–H and O–H groups in total. The summed E-state index contributed by atoms with van der Waals surface area (Å²) in [5.41, 5.74) is 3.05. The van der Waals surface area contributed by atoms with Gasteiger partial charge in [0.05, 0.1) is 21.3 Å². The highest BCUT2D eigenvalue weighted by molar-refractivity contribution is 7.46. The smallest absolute Gasteiger partial charge is 0.469 e. The Hall–Kier alpha value is -2.58. The van der Waals surface area contributed by atoms with Gasteiger partial charge in [-0.1, -0.05) is 30.4 Å². The lowest BCUT2D eigenvalue weighted by molar-refractivity contribution is -0.119. The van der Waals surface area contributed by atoms with Crippen LogP contribution in [0.15, 0.2) is 36.4 Å². The van der Waals surface area contributed by atoms with Gasteiger partial charge in [-0.2, -0.15) is 0 Å². The Kier molecular flexibility index (Phi) is 11.2. The number of carbonyl (C=O) groups is 1. The van der Waals surface area contributed by atoms with E-state index in [1.54, 1.807) is 21.3 Å². The van der Waals surface area contributed by atoms with Crippen molar-refractivity contribution in [1.82, 2.24) is 5.32 Å². The number of hydrogen-bond acceptors (Lipinski definition) is 6. The van der Waals surface area contributed by atoms with Crippen LogP contribution in [0, 0.1) is 0 Å². The van der Waals surface area contributed by atoms with Crippen LogP contribution in [0.25, 0.3) is 5.57 Å². The Morgan fingerprint density at radius 1 is 1.12 bits per heavy atom. The van der Waals surface area contributed by atoms with E-state index in [-0.39, 0.29) is 11.9 Å². The molecule has 0 spiro atoms. The van der Waals surface area contributed by atoms with Crippen molar-refractivity contribution in [2.24, 2.45) is 0 Å². The molecule has 0 radical (unpaired) electrons. The van der Waals surface area contributed by atoms with Gasteiger partial charge in [0.2, 0.25) is 11.7 Å². The molecule has 1 unspecified atom stereocenters. The monoisotopic (exact) mass is 469 g/mol. The Morgan fingerprint density at radius 3 is 2.22 bits per heavy atom. The molecular formula is C22H32NO8P. The lowest BCUT2D eigenvalue weighted by Gasteiger charge is -2.19. The van der Waals surface area contributed by atoms with Crippen LogP contribution >= 0.6 is 7.82 Å². The Bertz CT molecular complexity index is 917. The van der Waals surface area contributed by atoms with Gasteiger partial charge in [-0.3, -0.25) is 9.32 Å². The third-order valence-electron chi connectivity index (χ3n) is 4.51. The van der Waals surface area contributed by atoms with Crippen molar-refractivity contribution in [2.75, 3.05) is 28.4 Å². The molecule has 10 heteroatoms. The number of aryl methyl sites for hydroxylation is 1. The van der Waals surface area contributed by atoms with Crippen molar-refractivity contribution >= 4 is 19.3 Å². The number of carbonyl (C=O) groups excluding carboxylic acids is 1. The van der Waals surface area contributed by atoms with Crippen LogP contribution in [-0.2, 0) is 20.3 Å². The fraction of sp³-hybridized carbons (Fsp3) is 0.409. The number of fused-ring (bicyclic) bond motifs is 1. The van der Waals surface area contributed by atoms with Gasteiger partial charge in [0.25, 0.3) is 0 Å². The van der Waals surface area contributed by atoms with E-state index in [1.807, 2.05) is 37.3 Å². The number of rotatable bonds is 7. The van der Waals surface area contributed by atoms with Crippen LogP contribution < -0.4 is 19.5 Å². The molecule has 9 nitrogen and oxygen atoms in total. The van der Waals surface area contributed by atoms with Gasteiger partial charge in [-0.15, -0.1) is 0 Å². The maximum Gasteiger partial charge on any atom is 0.469 e. The van der Waals surface area contributed by atoms with Gasteiger partial charge in [0.15, 0.2) is 11.5 Å². The molecule has 0 heterocycles. The largest absolute Gasteiger partial charge is 0.493 e. The average molecular weight is 469 g/mol. The van der Waals surface area contributed by atoms with Crippen LogP contribution in [0.1, 0.15) is 31.4 Å². The molecular weight excluding hydrogens is 437 g/mol. The summed E-state index contributed by atoms with van der Waals surface area (Å²) in [6.07, 6.45) is 11.6. The van der Waals surface area contributed by atoms with E-state index in [0.717, 1.165) is 36.7 Å². The fourth-order valence-electron chi connectivity index (χ4n) is 3.20. The molecule has 1 aliphatic carbocycles. The van der Waals surface area contributed by atoms with E-state index >= 15 is 0 Å². The number of phosphoric ester groups is 1. The van der Waals surface area contributed by atoms with Crippen LogP contribution in [0.5, 0.6) is 17.2 Å². The van der Waals surface area contributed by atoms with Gasteiger partial charge in [-0.05, 0) is 37.0 Å². The zero-order valence-electron chi connectivity index (χ0n) is 19.2. The molecule has 0 fully saturated rings. The van der Waals surface area contributed by atoms with Crippen molar-refractivity contribution in [3.63, 3.8) is 0 Å². The third kappa shape index (κ3) is 8.16. The van der Waals surface area contributed by atoms with Gasteiger partial charge in [0, 0.05) is 25.6 Å². The maximum absolute atomic E-state index is 11.6. The molecule has 0 aromatic heterocycles. The molecule has 1 aromatic rings. The number of nitrogens with one attached hydrogen (secondary N) is 1.